The lowest BCUT2D eigenvalue weighted by atomic mass is 9.98. The van der Waals surface area contributed by atoms with Crippen LogP contribution in [0.25, 0.3) is 0 Å². The number of rotatable bonds is 1. The third kappa shape index (κ3) is 2.04. The van der Waals surface area contributed by atoms with E-state index in [9.17, 15) is 13.5 Å². The van der Waals surface area contributed by atoms with Crippen molar-refractivity contribution in [2.75, 3.05) is 16.4 Å². The predicted molar refractivity (Wildman–Crippen MR) is 81.6 cm³/mol. The monoisotopic (exact) mass is 315 g/mol. The smallest absolute Gasteiger partial charge is 0.153 e. The van der Waals surface area contributed by atoms with Gasteiger partial charge in [0.1, 0.15) is 10.1 Å². The Morgan fingerprint density at radius 2 is 2.26 bits per heavy atom. The van der Waals surface area contributed by atoms with E-state index >= 15 is 0 Å². The standard InChI is InChI=1S/C12H13NO3S3/c1-12-7-19(15,16)6-10(12)18-11(17)13(12)8-3-2-4-9(14)5-8/h2-5,10,14H,6-7H2,1H3/t10-,12-/m1/s1. The van der Waals surface area contributed by atoms with Gasteiger partial charge < -0.3 is 10.0 Å². The van der Waals surface area contributed by atoms with E-state index in [1.54, 1.807) is 18.2 Å². The highest BCUT2D eigenvalue weighted by molar-refractivity contribution is 8.24. The summed E-state index contributed by atoms with van der Waals surface area (Å²) in [4.78, 5) is 1.88. The van der Waals surface area contributed by atoms with Crippen molar-refractivity contribution in [1.82, 2.24) is 0 Å². The van der Waals surface area contributed by atoms with Crippen LogP contribution in [0, 0.1) is 0 Å². The van der Waals surface area contributed by atoms with E-state index in [0.717, 1.165) is 5.69 Å². The normalized spacial score (nSPS) is 32.6. The van der Waals surface area contributed by atoms with Gasteiger partial charge in [-0.2, -0.15) is 0 Å². The number of hydrogen-bond donors (Lipinski definition) is 1. The number of benzene rings is 1. The molecule has 7 heteroatoms. The van der Waals surface area contributed by atoms with Crippen molar-refractivity contribution in [3.05, 3.63) is 24.3 Å². The molecular weight excluding hydrogens is 302 g/mol. The van der Waals surface area contributed by atoms with Crippen molar-refractivity contribution in [2.24, 2.45) is 0 Å². The summed E-state index contributed by atoms with van der Waals surface area (Å²) in [5.74, 6) is 0.426. The van der Waals surface area contributed by atoms with Crippen LogP contribution in [0.5, 0.6) is 5.75 Å². The zero-order valence-corrected chi connectivity index (χ0v) is 12.7. The molecule has 0 aromatic heterocycles. The maximum atomic E-state index is 11.9. The molecule has 0 unspecified atom stereocenters. The number of thiocarbonyl (C=S) groups is 1. The number of thioether (sulfide) groups is 1. The lowest BCUT2D eigenvalue weighted by Crippen LogP contribution is -2.49. The van der Waals surface area contributed by atoms with Crippen LogP contribution in [0.3, 0.4) is 0 Å². The molecule has 2 atom stereocenters. The van der Waals surface area contributed by atoms with Crippen LogP contribution in [-0.4, -0.2) is 40.1 Å². The molecular formula is C12H13NO3S3. The number of phenols is 1. The SMILES string of the molecule is C[C@@]12CS(=O)(=O)C[C@H]1SC(=S)N2c1cccc(O)c1. The Balaban J connectivity index is 2.08. The van der Waals surface area contributed by atoms with Gasteiger partial charge >= 0.3 is 0 Å². The van der Waals surface area contributed by atoms with Gasteiger partial charge in [-0.25, -0.2) is 8.42 Å². The van der Waals surface area contributed by atoms with Crippen LogP contribution in [-0.2, 0) is 9.84 Å². The van der Waals surface area contributed by atoms with Crippen molar-refractivity contribution in [2.45, 2.75) is 17.7 Å². The Labute approximate surface area is 121 Å². The molecule has 2 aliphatic rings. The van der Waals surface area contributed by atoms with E-state index in [1.165, 1.54) is 11.8 Å². The van der Waals surface area contributed by atoms with E-state index in [0.29, 0.717) is 4.32 Å². The van der Waals surface area contributed by atoms with Gasteiger partial charge in [-0.1, -0.05) is 30.0 Å². The number of nitrogens with zero attached hydrogens (tertiary/aromatic N) is 1. The van der Waals surface area contributed by atoms with Crippen molar-refractivity contribution in [3.8, 4) is 5.75 Å². The van der Waals surface area contributed by atoms with Gasteiger partial charge in [-0.3, -0.25) is 0 Å². The minimum atomic E-state index is -3.02. The second-order valence-corrected chi connectivity index (χ2v) is 9.09. The Bertz CT molecular complexity index is 658. The first-order valence-electron chi connectivity index (χ1n) is 5.82. The molecule has 1 N–H and O–H groups in total. The summed E-state index contributed by atoms with van der Waals surface area (Å²) in [6.07, 6.45) is 0. The van der Waals surface area contributed by atoms with Crippen LogP contribution < -0.4 is 4.90 Å². The molecule has 0 bridgehead atoms. The Kier molecular flexibility index (Phi) is 2.85. The van der Waals surface area contributed by atoms with Crippen LogP contribution in [0.4, 0.5) is 5.69 Å². The fourth-order valence-corrected chi connectivity index (χ4v) is 7.72. The highest BCUT2D eigenvalue weighted by Gasteiger charge is 2.57. The summed E-state index contributed by atoms with van der Waals surface area (Å²) in [7, 11) is -3.02. The number of hydrogen-bond acceptors (Lipinski definition) is 5. The summed E-state index contributed by atoms with van der Waals surface area (Å²) in [6, 6.07) is 6.77. The maximum Gasteiger partial charge on any atom is 0.153 e. The van der Waals surface area contributed by atoms with Crippen molar-refractivity contribution >= 4 is 43.8 Å². The van der Waals surface area contributed by atoms with Crippen molar-refractivity contribution < 1.29 is 13.5 Å². The second-order valence-electron chi connectivity index (χ2n) is 5.14. The molecule has 4 nitrogen and oxygen atoms in total. The molecule has 1 aromatic carbocycles. The summed E-state index contributed by atoms with van der Waals surface area (Å²) in [5, 5.41) is 9.56. The lowest BCUT2D eigenvalue weighted by Gasteiger charge is -2.34. The van der Waals surface area contributed by atoms with Gasteiger partial charge in [0.15, 0.2) is 9.84 Å². The maximum absolute atomic E-state index is 11.9. The largest absolute Gasteiger partial charge is 0.508 e. The third-order valence-electron chi connectivity index (χ3n) is 3.64. The molecule has 2 saturated heterocycles. The number of aromatic hydroxyl groups is 1. The molecule has 2 fully saturated rings. The van der Waals surface area contributed by atoms with E-state index < -0.39 is 15.4 Å². The van der Waals surface area contributed by atoms with E-state index in [2.05, 4.69) is 0 Å². The van der Waals surface area contributed by atoms with E-state index in [4.69, 9.17) is 12.2 Å². The van der Waals surface area contributed by atoms with E-state index in [-0.39, 0.29) is 22.5 Å². The molecule has 102 valence electrons. The highest BCUT2D eigenvalue weighted by Crippen LogP contribution is 2.48. The summed E-state index contributed by atoms with van der Waals surface area (Å²) in [5.41, 5.74) is 0.230. The van der Waals surface area contributed by atoms with E-state index in [1.807, 2.05) is 17.9 Å². The minimum absolute atomic E-state index is 0.0349. The Morgan fingerprint density at radius 3 is 2.95 bits per heavy atom. The quantitative estimate of drug-likeness (QED) is 0.797. The van der Waals surface area contributed by atoms with Gasteiger partial charge in [0, 0.05) is 11.8 Å². The summed E-state index contributed by atoms with van der Waals surface area (Å²) in [6.45, 7) is 1.93. The third-order valence-corrected chi connectivity index (χ3v) is 7.53. The lowest BCUT2D eigenvalue weighted by molar-refractivity contribution is 0.474. The molecule has 19 heavy (non-hydrogen) atoms. The molecule has 2 heterocycles. The molecule has 0 aliphatic carbocycles. The minimum Gasteiger partial charge on any atom is -0.508 e. The average molecular weight is 315 g/mol. The van der Waals surface area contributed by atoms with Crippen LogP contribution in [0.1, 0.15) is 6.92 Å². The van der Waals surface area contributed by atoms with Gasteiger partial charge in [0.2, 0.25) is 0 Å². The van der Waals surface area contributed by atoms with Gasteiger partial charge in [0.25, 0.3) is 0 Å². The fourth-order valence-electron chi connectivity index (χ4n) is 2.79. The predicted octanol–water partition coefficient (Wildman–Crippen LogP) is 1.79. The van der Waals surface area contributed by atoms with Crippen LogP contribution in [0.2, 0.25) is 0 Å². The molecule has 3 rings (SSSR count). The molecule has 0 amide bonds. The van der Waals surface area contributed by atoms with Crippen LogP contribution in [0.15, 0.2) is 24.3 Å². The van der Waals surface area contributed by atoms with Crippen LogP contribution >= 0.6 is 24.0 Å². The Morgan fingerprint density at radius 1 is 1.53 bits per heavy atom. The van der Waals surface area contributed by atoms with Gasteiger partial charge in [0.05, 0.1) is 22.3 Å². The Hall–Kier alpha value is -0.790. The molecule has 1 aromatic rings. The zero-order chi connectivity index (χ0) is 13.8. The number of fused-ring (bicyclic) bond motifs is 1. The second kappa shape index (κ2) is 4.10. The number of phenolic OH excluding ortho intramolecular Hbond substituents is 1. The first-order chi connectivity index (χ1) is 8.82. The zero-order valence-electron chi connectivity index (χ0n) is 10.2. The molecule has 0 saturated carbocycles. The number of anilines is 1. The molecule has 0 radical (unpaired) electrons. The fraction of sp³-hybridized carbons (Fsp3) is 0.417. The molecule has 0 spiro atoms. The summed E-state index contributed by atoms with van der Waals surface area (Å²) < 4.78 is 24.4. The molecule has 2 aliphatic heterocycles. The topological polar surface area (TPSA) is 57.6 Å². The first-order valence-corrected chi connectivity index (χ1v) is 8.93. The first kappa shape index (κ1) is 13.2. The van der Waals surface area contributed by atoms with Crippen molar-refractivity contribution in [3.63, 3.8) is 0 Å². The van der Waals surface area contributed by atoms with Gasteiger partial charge in [-0.15, -0.1) is 0 Å². The average Bonchev–Trinajstić information content (AvgIpc) is 2.60. The highest BCUT2D eigenvalue weighted by atomic mass is 32.2. The van der Waals surface area contributed by atoms with Gasteiger partial charge in [-0.05, 0) is 19.1 Å². The summed E-state index contributed by atoms with van der Waals surface area (Å²) >= 11 is 6.82. The number of sulfone groups is 1. The van der Waals surface area contributed by atoms with Crippen molar-refractivity contribution in [1.29, 1.82) is 0 Å².